The summed E-state index contributed by atoms with van der Waals surface area (Å²) in [6.45, 7) is 5.03. The van der Waals surface area contributed by atoms with Crippen LogP contribution in [0, 0.1) is 0 Å². The minimum absolute atomic E-state index is 0.0160. The van der Waals surface area contributed by atoms with Crippen molar-refractivity contribution in [1.29, 1.82) is 0 Å². The lowest BCUT2D eigenvalue weighted by molar-refractivity contribution is -0.124. The zero-order chi connectivity index (χ0) is 23.2. The maximum Gasteiger partial charge on any atom is 0.258 e. The molecule has 184 valence electrons. The predicted molar refractivity (Wildman–Crippen MR) is 126 cm³/mol. The lowest BCUT2D eigenvalue weighted by Crippen LogP contribution is -2.60. The Kier molecular flexibility index (Phi) is 8.27. The fraction of sp³-hybridized carbons (Fsp3) is 0.708. The average molecular weight is 480 g/mol. The van der Waals surface area contributed by atoms with E-state index >= 15 is 0 Å². The summed E-state index contributed by atoms with van der Waals surface area (Å²) >= 11 is 0. The maximum atomic E-state index is 12.8. The fourth-order valence-electron chi connectivity index (χ4n) is 5.28. The highest BCUT2D eigenvalue weighted by atomic mass is 32.2. The lowest BCUT2D eigenvalue weighted by Gasteiger charge is -2.48. The zero-order valence-electron chi connectivity index (χ0n) is 19.5. The number of morpholine rings is 1. The van der Waals surface area contributed by atoms with Crippen LogP contribution in [0.3, 0.4) is 0 Å². The van der Waals surface area contributed by atoms with Gasteiger partial charge in [-0.05, 0) is 49.9 Å². The third kappa shape index (κ3) is 6.07. The number of carbonyl (C=O) groups excluding carboxylic acids is 1. The third-order valence-corrected chi connectivity index (χ3v) is 9.14. The molecule has 4 rings (SSSR count). The molecular weight excluding hydrogens is 442 g/mol. The molecule has 0 aromatic heterocycles. The maximum absolute atomic E-state index is 12.8. The van der Waals surface area contributed by atoms with Gasteiger partial charge in [-0.25, -0.2) is 8.42 Å². The molecule has 1 aromatic rings. The summed E-state index contributed by atoms with van der Waals surface area (Å²) in [5, 5.41) is 3.09. The summed E-state index contributed by atoms with van der Waals surface area (Å²) in [6.07, 6.45) is 8.72. The first-order valence-corrected chi connectivity index (χ1v) is 13.8. The summed E-state index contributed by atoms with van der Waals surface area (Å²) in [7, 11) is -3.46. The number of carbonyl (C=O) groups is 1. The average Bonchev–Trinajstić information content (AvgIpc) is 2.88. The first kappa shape index (κ1) is 24.4. The van der Waals surface area contributed by atoms with Crippen LogP contribution in [0.25, 0.3) is 0 Å². The van der Waals surface area contributed by atoms with E-state index < -0.39 is 10.0 Å². The summed E-state index contributed by atoms with van der Waals surface area (Å²) in [4.78, 5) is 15.3. The monoisotopic (exact) mass is 479 g/mol. The van der Waals surface area contributed by atoms with Gasteiger partial charge in [0.1, 0.15) is 5.75 Å². The predicted octanol–water partition coefficient (Wildman–Crippen LogP) is 2.39. The Balaban J connectivity index is 1.28. The van der Waals surface area contributed by atoms with Crippen LogP contribution in [0.1, 0.15) is 51.4 Å². The zero-order valence-corrected chi connectivity index (χ0v) is 20.3. The van der Waals surface area contributed by atoms with Crippen LogP contribution in [0.15, 0.2) is 29.2 Å². The van der Waals surface area contributed by atoms with E-state index in [1.807, 2.05) is 0 Å². The number of nitrogens with one attached hydrogen (secondary N) is 1. The van der Waals surface area contributed by atoms with Gasteiger partial charge in [0.2, 0.25) is 10.0 Å². The molecule has 0 spiro atoms. The Bertz CT molecular complexity index is 872. The van der Waals surface area contributed by atoms with Crippen LogP contribution in [0.4, 0.5) is 0 Å². The second-order valence-corrected chi connectivity index (χ2v) is 11.3. The minimum atomic E-state index is -3.46. The molecule has 0 unspecified atom stereocenters. The van der Waals surface area contributed by atoms with Gasteiger partial charge in [-0.3, -0.25) is 9.69 Å². The van der Waals surface area contributed by atoms with Gasteiger partial charge < -0.3 is 14.8 Å². The second kappa shape index (κ2) is 11.2. The van der Waals surface area contributed by atoms with Gasteiger partial charge in [0.25, 0.3) is 5.91 Å². The van der Waals surface area contributed by atoms with Crippen molar-refractivity contribution in [3.8, 4) is 5.75 Å². The van der Waals surface area contributed by atoms with Crippen LogP contribution < -0.4 is 10.1 Å². The third-order valence-electron chi connectivity index (χ3n) is 7.23. The Labute approximate surface area is 197 Å². The molecule has 2 aliphatic heterocycles. The van der Waals surface area contributed by atoms with Crippen LogP contribution in [0.2, 0.25) is 0 Å². The highest BCUT2D eigenvalue weighted by molar-refractivity contribution is 7.89. The van der Waals surface area contributed by atoms with Gasteiger partial charge in [0, 0.05) is 38.3 Å². The molecule has 9 heteroatoms. The van der Waals surface area contributed by atoms with Gasteiger partial charge >= 0.3 is 0 Å². The number of ether oxygens (including phenoxy) is 2. The van der Waals surface area contributed by atoms with E-state index in [9.17, 15) is 13.2 Å². The van der Waals surface area contributed by atoms with Gasteiger partial charge in [-0.15, -0.1) is 0 Å². The van der Waals surface area contributed by atoms with E-state index in [0.29, 0.717) is 25.4 Å². The van der Waals surface area contributed by atoms with Crippen LogP contribution in [0.5, 0.6) is 5.75 Å². The number of benzene rings is 1. The molecule has 0 radical (unpaired) electrons. The van der Waals surface area contributed by atoms with Crippen molar-refractivity contribution < 1.29 is 22.7 Å². The summed E-state index contributed by atoms with van der Waals surface area (Å²) in [5.41, 5.74) is 0.0160. The SMILES string of the molecule is O=C(COc1ccc(S(=O)(=O)N2CCCCC2)cc1)NCC1(N2CCOCC2)CCCCC1. The van der Waals surface area contributed by atoms with Crippen molar-refractivity contribution in [3.63, 3.8) is 0 Å². The summed E-state index contributed by atoms with van der Waals surface area (Å²) in [6, 6.07) is 6.38. The Hall–Kier alpha value is -1.68. The lowest BCUT2D eigenvalue weighted by atomic mass is 9.79. The van der Waals surface area contributed by atoms with Crippen molar-refractivity contribution in [1.82, 2.24) is 14.5 Å². The molecule has 1 amide bonds. The molecule has 1 aromatic carbocycles. The fourth-order valence-corrected chi connectivity index (χ4v) is 6.79. The van der Waals surface area contributed by atoms with Gasteiger partial charge in [-0.1, -0.05) is 25.7 Å². The number of hydrogen-bond donors (Lipinski definition) is 1. The number of rotatable bonds is 8. The summed E-state index contributed by atoms with van der Waals surface area (Å²) in [5.74, 6) is 0.335. The Morgan fingerprint density at radius 2 is 1.58 bits per heavy atom. The molecule has 0 atom stereocenters. The van der Waals surface area contributed by atoms with E-state index in [-0.39, 0.29) is 22.9 Å². The summed E-state index contributed by atoms with van der Waals surface area (Å²) < 4.78 is 38.3. The smallest absolute Gasteiger partial charge is 0.258 e. The van der Waals surface area contributed by atoms with Crippen LogP contribution in [-0.2, 0) is 19.6 Å². The topological polar surface area (TPSA) is 88.2 Å². The molecule has 1 aliphatic carbocycles. The van der Waals surface area contributed by atoms with E-state index in [0.717, 1.165) is 58.4 Å². The molecule has 3 fully saturated rings. The van der Waals surface area contributed by atoms with Crippen LogP contribution in [-0.4, -0.2) is 81.6 Å². The molecular formula is C24H37N3O5S. The molecule has 0 bridgehead atoms. The highest BCUT2D eigenvalue weighted by Gasteiger charge is 2.38. The quantitative estimate of drug-likeness (QED) is 0.616. The number of nitrogens with zero attached hydrogens (tertiary/aromatic N) is 2. The van der Waals surface area contributed by atoms with E-state index in [1.54, 1.807) is 28.6 Å². The molecule has 1 saturated carbocycles. The standard InChI is InChI=1S/C24H37N3O5S/c28-23(25-20-24(11-3-1-4-12-24)26-15-17-31-18-16-26)19-32-21-7-9-22(10-8-21)33(29,30)27-13-5-2-6-14-27/h7-10H,1-6,11-20H2,(H,25,28). The van der Waals surface area contributed by atoms with Crippen molar-refractivity contribution in [2.45, 2.75) is 61.8 Å². The first-order chi connectivity index (χ1) is 16.0. The highest BCUT2D eigenvalue weighted by Crippen LogP contribution is 2.34. The van der Waals surface area contributed by atoms with E-state index in [1.165, 1.54) is 19.3 Å². The molecule has 2 heterocycles. The van der Waals surface area contributed by atoms with E-state index in [2.05, 4.69) is 10.2 Å². The van der Waals surface area contributed by atoms with Crippen molar-refractivity contribution in [2.24, 2.45) is 0 Å². The number of sulfonamides is 1. The van der Waals surface area contributed by atoms with E-state index in [4.69, 9.17) is 9.47 Å². The molecule has 3 aliphatic rings. The largest absolute Gasteiger partial charge is 0.484 e. The van der Waals surface area contributed by atoms with Gasteiger partial charge in [0.05, 0.1) is 18.1 Å². The second-order valence-electron chi connectivity index (χ2n) is 9.39. The Morgan fingerprint density at radius 1 is 0.939 bits per heavy atom. The van der Waals surface area contributed by atoms with Crippen LogP contribution >= 0.6 is 0 Å². The van der Waals surface area contributed by atoms with Gasteiger partial charge in [-0.2, -0.15) is 4.31 Å². The number of amides is 1. The number of hydrogen-bond acceptors (Lipinski definition) is 6. The van der Waals surface area contributed by atoms with Crippen molar-refractivity contribution >= 4 is 15.9 Å². The van der Waals surface area contributed by atoms with Gasteiger partial charge in [0.15, 0.2) is 6.61 Å². The van der Waals surface area contributed by atoms with Crippen molar-refractivity contribution in [3.05, 3.63) is 24.3 Å². The molecule has 8 nitrogen and oxygen atoms in total. The molecule has 33 heavy (non-hydrogen) atoms. The minimum Gasteiger partial charge on any atom is -0.484 e. The normalized spacial score (nSPS) is 22.5. The molecule has 1 N–H and O–H groups in total. The van der Waals surface area contributed by atoms with Crippen molar-refractivity contribution in [2.75, 3.05) is 52.5 Å². The first-order valence-electron chi connectivity index (χ1n) is 12.3. The molecule has 2 saturated heterocycles. The number of piperidine rings is 1. The Morgan fingerprint density at radius 3 is 2.24 bits per heavy atom.